The monoisotopic (exact) mass is 481 g/mol. The van der Waals surface area contributed by atoms with Gasteiger partial charge in [0, 0.05) is 25.0 Å². The molecular weight excluding hydrogens is 446 g/mol. The van der Waals surface area contributed by atoms with E-state index in [9.17, 15) is 20.0 Å². The van der Waals surface area contributed by atoms with E-state index in [1.54, 1.807) is 50.3 Å². The number of nitriles is 1. The molecule has 1 aromatic rings. The number of ketones is 2. The molecule has 7 nitrogen and oxygen atoms in total. The van der Waals surface area contributed by atoms with Gasteiger partial charge in [-0.3, -0.25) is 9.59 Å². The Morgan fingerprint density at radius 1 is 1.17 bits per heavy atom. The van der Waals surface area contributed by atoms with Crippen LogP contribution in [0.15, 0.2) is 48.1 Å². The third-order valence-electron chi connectivity index (χ3n) is 6.68. The number of hydrogen-bond acceptors (Lipinski definition) is 7. The molecule has 188 valence electrons. The average Bonchev–Trinajstić information content (AvgIpc) is 2.81. The summed E-state index contributed by atoms with van der Waals surface area (Å²) in [6.45, 7) is 8.96. The van der Waals surface area contributed by atoms with Gasteiger partial charge in [-0.05, 0) is 50.1 Å². The number of nitrogens with zero attached hydrogens (tertiary/aromatic N) is 1. The van der Waals surface area contributed by atoms with Gasteiger partial charge in [-0.2, -0.15) is 5.26 Å². The Morgan fingerprint density at radius 3 is 2.34 bits per heavy atom. The first-order valence-electron chi connectivity index (χ1n) is 11.3. The molecule has 0 radical (unpaired) electrons. The van der Waals surface area contributed by atoms with E-state index in [4.69, 9.17) is 14.2 Å². The fourth-order valence-corrected chi connectivity index (χ4v) is 4.62. The van der Waals surface area contributed by atoms with Gasteiger partial charge >= 0.3 is 0 Å². The molecule has 0 saturated heterocycles. The summed E-state index contributed by atoms with van der Waals surface area (Å²) in [6, 6.07) is 6.86. The summed E-state index contributed by atoms with van der Waals surface area (Å²) in [5.74, 6) is -1.51. The highest BCUT2D eigenvalue weighted by molar-refractivity contribution is 6.04. The SMILES string of the molecule is COc1cc(C=CC(OC)(OC)C(C)(C)C(=O)C=C[C@@]2(C)C=C(C#N)C(=O)C(C)(C)C2)ccc1O. The van der Waals surface area contributed by atoms with Crippen LogP contribution in [0.25, 0.3) is 6.08 Å². The molecule has 1 aliphatic carbocycles. The van der Waals surface area contributed by atoms with E-state index in [1.807, 2.05) is 26.8 Å². The van der Waals surface area contributed by atoms with Gasteiger partial charge in [0.2, 0.25) is 0 Å². The van der Waals surface area contributed by atoms with Crippen LogP contribution in [-0.2, 0) is 19.1 Å². The van der Waals surface area contributed by atoms with E-state index in [2.05, 4.69) is 0 Å². The molecule has 0 aromatic heterocycles. The second-order valence-electron chi connectivity index (χ2n) is 10.2. The van der Waals surface area contributed by atoms with Crippen molar-refractivity contribution in [3.8, 4) is 17.6 Å². The predicted molar refractivity (Wildman–Crippen MR) is 134 cm³/mol. The van der Waals surface area contributed by atoms with Crippen LogP contribution in [0.2, 0.25) is 0 Å². The lowest BCUT2D eigenvalue weighted by Crippen LogP contribution is -2.50. The number of carbonyl (C=O) groups excluding carboxylic acids is 2. The lowest BCUT2D eigenvalue weighted by Gasteiger charge is -2.41. The van der Waals surface area contributed by atoms with Gasteiger partial charge in [0.15, 0.2) is 28.9 Å². The number of methoxy groups -OCH3 is 3. The van der Waals surface area contributed by atoms with Crippen molar-refractivity contribution < 1.29 is 28.9 Å². The van der Waals surface area contributed by atoms with E-state index in [0.717, 1.165) is 0 Å². The highest BCUT2D eigenvalue weighted by Crippen LogP contribution is 2.44. The summed E-state index contributed by atoms with van der Waals surface area (Å²) >= 11 is 0. The molecule has 0 spiro atoms. The molecule has 7 heteroatoms. The normalized spacial score (nSPS) is 20.7. The van der Waals surface area contributed by atoms with Gasteiger partial charge in [0.05, 0.1) is 18.1 Å². The van der Waals surface area contributed by atoms with Gasteiger partial charge in [-0.25, -0.2) is 0 Å². The summed E-state index contributed by atoms with van der Waals surface area (Å²) in [4.78, 5) is 25.9. The molecule has 0 bridgehead atoms. The average molecular weight is 482 g/mol. The topological polar surface area (TPSA) is 106 Å². The molecule has 0 saturated carbocycles. The van der Waals surface area contributed by atoms with Crippen LogP contribution >= 0.6 is 0 Å². The third-order valence-corrected chi connectivity index (χ3v) is 6.68. The molecule has 0 aliphatic heterocycles. The third kappa shape index (κ3) is 5.55. The maximum absolute atomic E-state index is 13.5. The number of benzene rings is 1. The van der Waals surface area contributed by atoms with Crippen LogP contribution in [0.3, 0.4) is 0 Å². The van der Waals surface area contributed by atoms with Crippen molar-refractivity contribution in [3.63, 3.8) is 0 Å². The summed E-state index contributed by atoms with van der Waals surface area (Å²) in [7, 11) is 4.38. The number of Topliss-reactive ketones (excluding diaryl/α,β-unsaturated/α-hetero) is 1. The minimum absolute atomic E-state index is 0.0183. The summed E-state index contributed by atoms with van der Waals surface area (Å²) in [6.07, 6.45) is 8.70. The Hall–Kier alpha value is -3.21. The van der Waals surface area contributed by atoms with E-state index in [0.29, 0.717) is 17.7 Å². The number of allylic oxidation sites excluding steroid dienone is 4. The lowest BCUT2D eigenvalue weighted by atomic mass is 9.65. The Bertz CT molecular complexity index is 1110. The molecule has 0 heterocycles. The number of phenolic OH excluding ortho intramolecular Hbond substituents is 1. The first-order chi connectivity index (χ1) is 16.2. The standard InChI is InChI=1S/C28H35NO6/c1-25(2)18-27(5,16-20(17-29)24(25)32)13-12-23(31)26(3,4)28(34-7,35-8)14-11-19-9-10-21(30)22(15-19)33-6/h9-16,30H,18H2,1-8H3/t27-/m0/s1. The lowest BCUT2D eigenvalue weighted by molar-refractivity contribution is -0.227. The zero-order valence-electron chi connectivity index (χ0n) is 21.8. The highest BCUT2D eigenvalue weighted by Gasteiger charge is 2.49. The van der Waals surface area contributed by atoms with Crippen molar-refractivity contribution in [3.05, 3.63) is 53.6 Å². The second-order valence-corrected chi connectivity index (χ2v) is 10.2. The maximum atomic E-state index is 13.5. The van der Waals surface area contributed by atoms with E-state index in [1.165, 1.54) is 33.5 Å². The molecule has 0 unspecified atom stereocenters. The van der Waals surface area contributed by atoms with Crippen molar-refractivity contribution in [1.29, 1.82) is 5.26 Å². The van der Waals surface area contributed by atoms with Crippen LogP contribution in [0.5, 0.6) is 11.5 Å². The van der Waals surface area contributed by atoms with Gasteiger partial charge in [-0.1, -0.05) is 45.1 Å². The molecule has 1 aromatic carbocycles. The minimum atomic E-state index is -1.41. The number of carbonyl (C=O) groups is 2. The molecule has 0 amide bonds. The van der Waals surface area contributed by atoms with Crippen molar-refractivity contribution in [2.45, 2.75) is 46.8 Å². The molecule has 1 aliphatic rings. The zero-order valence-corrected chi connectivity index (χ0v) is 21.8. The zero-order chi connectivity index (χ0) is 26.7. The second kappa shape index (κ2) is 10.2. The fraction of sp³-hybridized carbons (Fsp3) is 0.464. The number of hydrogen-bond donors (Lipinski definition) is 1. The van der Waals surface area contributed by atoms with Crippen LogP contribution in [-0.4, -0.2) is 43.8 Å². The Kier molecular flexibility index (Phi) is 8.16. The Labute approximate surface area is 207 Å². The summed E-state index contributed by atoms with van der Waals surface area (Å²) in [5, 5.41) is 19.2. The first kappa shape index (κ1) is 28.0. The van der Waals surface area contributed by atoms with E-state index in [-0.39, 0.29) is 22.9 Å². The quantitative estimate of drug-likeness (QED) is 0.390. The minimum Gasteiger partial charge on any atom is -0.504 e. The highest BCUT2D eigenvalue weighted by atomic mass is 16.7. The Morgan fingerprint density at radius 2 is 1.80 bits per heavy atom. The number of phenols is 1. The van der Waals surface area contributed by atoms with Crippen LogP contribution in [0, 0.1) is 27.6 Å². The molecule has 2 rings (SSSR count). The summed E-state index contributed by atoms with van der Waals surface area (Å²) < 4.78 is 16.6. The maximum Gasteiger partial charge on any atom is 0.200 e. The smallest absolute Gasteiger partial charge is 0.200 e. The van der Waals surface area contributed by atoms with E-state index >= 15 is 0 Å². The molecule has 35 heavy (non-hydrogen) atoms. The largest absolute Gasteiger partial charge is 0.504 e. The van der Waals surface area contributed by atoms with Crippen molar-refractivity contribution >= 4 is 17.6 Å². The van der Waals surface area contributed by atoms with Gasteiger partial charge in [0.25, 0.3) is 0 Å². The van der Waals surface area contributed by atoms with E-state index < -0.39 is 22.0 Å². The molecule has 1 N–H and O–H groups in total. The van der Waals surface area contributed by atoms with Crippen molar-refractivity contribution in [2.24, 2.45) is 16.2 Å². The predicted octanol–water partition coefficient (Wildman–Crippen LogP) is 5.01. The molecule has 0 fully saturated rings. The van der Waals surface area contributed by atoms with Gasteiger partial charge < -0.3 is 19.3 Å². The van der Waals surface area contributed by atoms with Gasteiger partial charge in [-0.15, -0.1) is 0 Å². The molecular formula is C28H35NO6. The fourth-order valence-electron chi connectivity index (χ4n) is 4.62. The van der Waals surface area contributed by atoms with Crippen molar-refractivity contribution in [1.82, 2.24) is 0 Å². The molecule has 1 atom stereocenters. The Balaban J connectivity index is 2.40. The van der Waals surface area contributed by atoms with Crippen molar-refractivity contribution in [2.75, 3.05) is 21.3 Å². The van der Waals surface area contributed by atoms with Crippen LogP contribution < -0.4 is 4.74 Å². The number of ether oxygens (including phenoxy) is 3. The number of rotatable bonds is 9. The number of aromatic hydroxyl groups is 1. The van der Waals surface area contributed by atoms with Gasteiger partial charge in [0.1, 0.15) is 6.07 Å². The van der Waals surface area contributed by atoms with Crippen LogP contribution in [0.4, 0.5) is 0 Å². The first-order valence-corrected chi connectivity index (χ1v) is 11.3. The summed E-state index contributed by atoms with van der Waals surface area (Å²) in [5.41, 5.74) is -1.69. The van der Waals surface area contributed by atoms with Crippen LogP contribution in [0.1, 0.15) is 46.6 Å².